The summed E-state index contributed by atoms with van der Waals surface area (Å²) in [5, 5.41) is 12.8. The van der Waals surface area contributed by atoms with Crippen LogP contribution in [0.1, 0.15) is 34.3 Å². The number of carboxylic acids is 1. The molecule has 1 aromatic heterocycles. The van der Waals surface area contributed by atoms with Gasteiger partial charge in [0, 0.05) is 12.3 Å². The lowest BCUT2D eigenvalue weighted by Gasteiger charge is -2.11. The standard InChI is InChI=1S/C21H20N2O5/c1-3-26-20-11-15(12-22-17-7-5-16(6-8-17)21(24)25)4-9-19(20)27-13-18-10-14(2)23-28-18/h4-12H,3,13H2,1-2H3,(H,24,25). The largest absolute Gasteiger partial charge is 0.490 e. The number of aromatic carboxylic acids is 1. The zero-order valence-corrected chi connectivity index (χ0v) is 15.6. The fourth-order valence-electron chi connectivity index (χ4n) is 2.46. The van der Waals surface area contributed by atoms with Crippen LogP contribution < -0.4 is 9.47 Å². The number of carbonyl (C=O) groups is 1. The summed E-state index contributed by atoms with van der Waals surface area (Å²) in [6.07, 6.45) is 1.68. The van der Waals surface area contributed by atoms with Crippen LogP contribution in [0.25, 0.3) is 0 Å². The summed E-state index contributed by atoms with van der Waals surface area (Å²) in [4.78, 5) is 15.3. The smallest absolute Gasteiger partial charge is 0.335 e. The number of aliphatic imine (C=N–C) groups is 1. The molecule has 0 bridgehead atoms. The van der Waals surface area contributed by atoms with Gasteiger partial charge in [-0.25, -0.2) is 4.79 Å². The first-order valence-electron chi connectivity index (χ1n) is 8.74. The Bertz CT molecular complexity index is 977. The Kier molecular flexibility index (Phi) is 6.06. The van der Waals surface area contributed by atoms with Gasteiger partial charge in [0.25, 0.3) is 0 Å². The summed E-state index contributed by atoms with van der Waals surface area (Å²) in [7, 11) is 0. The van der Waals surface area contributed by atoms with E-state index in [1.807, 2.05) is 38.1 Å². The Labute approximate surface area is 162 Å². The van der Waals surface area contributed by atoms with Crippen LogP contribution in [-0.4, -0.2) is 29.1 Å². The zero-order chi connectivity index (χ0) is 19.9. The Hall–Kier alpha value is -3.61. The Morgan fingerprint density at radius 1 is 1.14 bits per heavy atom. The lowest BCUT2D eigenvalue weighted by molar-refractivity contribution is 0.0697. The number of hydrogen-bond donors (Lipinski definition) is 1. The molecule has 3 rings (SSSR count). The molecular weight excluding hydrogens is 360 g/mol. The van der Waals surface area contributed by atoms with Crippen LogP contribution >= 0.6 is 0 Å². The summed E-state index contributed by atoms with van der Waals surface area (Å²) in [5.41, 5.74) is 2.50. The van der Waals surface area contributed by atoms with E-state index in [9.17, 15) is 4.79 Å². The molecule has 0 fully saturated rings. The second-order valence-corrected chi connectivity index (χ2v) is 5.97. The number of ether oxygens (including phenoxy) is 2. The van der Waals surface area contributed by atoms with E-state index >= 15 is 0 Å². The second kappa shape index (κ2) is 8.85. The van der Waals surface area contributed by atoms with Crippen molar-refractivity contribution in [1.29, 1.82) is 0 Å². The van der Waals surface area contributed by atoms with Gasteiger partial charge in [0.1, 0.15) is 6.61 Å². The summed E-state index contributed by atoms with van der Waals surface area (Å²) >= 11 is 0. The molecule has 0 saturated heterocycles. The zero-order valence-electron chi connectivity index (χ0n) is 15.6. The Morgan fingerprint density at radius 2 is 1.93 bits per heavy atom. The molecule has 0 aliphatic carbocycles. The first kappa shape index (κ1) is 19.2. The minimum absolute atomic E-state index is 0.223. The van der Waals surface area contributed by atoms with Gasteiger partial charge in [-0.2, -0.15) is 0 Å². The molecule has 0 radical (unpaired) electrons. The first-order valence-corrected chi connectivity index (χ1v) is 8.74. The molecule has 7 nitrogen and oxygen atoms in total. The molecule has 1 N–H and O–H groups in total. The maximum absolute atomic E-state index is 10.9. The highest BCUT2D eigenvalue weighted by atomic mass is 16.5. The lowest BCUT2D eigenvalue weighted by atomic mass is 10.2. The normalized spacial score (nSPS) is 10.9. The Balaban J connectivity index is 1.72. The van der Waals surface area contributed by atoms with Gasteiger partial charge >= 0.3 is 5.97 Å². The number of aryl methyl sites for hydroxylation is 1. The van der Waals surface area contributed by atoms with Crippen molar-refractivity contribution in [2.45, 2.75) is 20.5 Å². The fourth-order valence-corrected chi connectivity index (χ4v) is 2.46. The SMILES string of the molecule is CCOc1cc(C=Nc2ccc(C(=O)O)cc2)ccc1OCc1cc(C)no1. The predicted octanol–water partition coefficient (Wildman–Crippen LogP) is 4.41. The highest BCUT2D eigenvalue weighted by molar-refractivity contribution is 5.88. The quantitative estimate of drug-likeness (QED) is 0.582. The van der Waals surface area contributed by atoms with Crippen LogP contribution in [-0.2, 0) is 6.61 Å². The van der Waals surface area contributed by atoms with Gasteiger partial charge in [0.2, 0.25) is 0 Å². The average molecular weight is 380 g/mol. The third kappa shape index (κ3) is 4.97. The number of hydrogen-bond acceptors (Lipinski definition) is 6. The molecule has 0 unspecified atom stereocenters. The van der Waals surface area contributed by atoms with E-state index in [0.717, 1.165) is 11.3 Å². The number of rotatable bonds is 8. The molecule has 0 atom stereocenters. The molecular formula is C21H20N2O5. The van der Waals surface area contributed by atoms with Crippen molar-refractivity contribution in [3.63, 3.8) is 0 Å². The first-order chi connectivity index (χ1) is 13.5. The van der Waals surface area contributed by atoms with E-state index < -0.39 is 5.97 Å². The number of benzene rings is 2. The van der Waals surface area contributed by atoms with Crippen LogP contribution in [0, 0.1) is 6.92 Å². The average Bonchev–Trinajstić information content (AvgIpc) is 3.11. The summed E-state index contributed by atoms with van der Waals surface area (Å²) < 4.78 is 16.6. The van der Waals surface area contributed by atoms with E-state index in [0.29, 0.717) is 29.6 Å². The van der Waals surface area contributed by atoms with E-state index in [-0.39, 0.29) is 12.2 Å². The van der Waals surface area contributed by atoms with Gasteiger partial charge in [0.05, 0.1) is 23.6 Å². The molecule has 0 spiro atoms. The van der Waals surface area contributed by atoms with Gasteiger partial charge < -0.3 is 19.1 Å². The molecule has 144 valence electrons. The monoisotopic (exact) mass is 380 g/mol. The van der Waals surface area contributed by atoms with E-state index in [1.54, 1.807) is 18.3 Å². The molecule has 7 heteroatoms. The van der Waals surface area contributed by atoms with Gasteiger partial charge in [-0.05, 0) is 61.9 Å². The van der Waals surface area contributed by atoms with Crippen LogP contribution in [0.15, 0.2) is 58.0 Å². The summed E-state index contributed by atoms with van der Waals surface area (Å²) in [5.74, 6) is 0.867. The van der Waals surface area contributed by atoms with Crippen molar-refractivity contribution in [2.24, 2.45) is 4.99 Å². The molecule has 0 aliphatic heterocycles. The topological polar surface area (TPSA) is 94.2 Å². The lowest BCUT2D eigenvalue weighted by Crippen LogP contribution is -2.00. The number of nitrogens with zero attached hydrogens (tertiary/aromatic N) is 2. The molecule has 3 aromatic rings. The van der Waals surface area contributed by atoms with Crippen LogP contribution in [0.3, 0.4) is 0 Å². The summed E-state index contributed by atoms with van der Waals surface area (Å²) in [6, 6.07) is 13.7. The molecule has 28 heavy (non-hydrogen) atoms. The second-order valence-electron chi connectivity index (χ2n) is 5.97. The van der Waals surface area contributed by atoms with Crippen molar-refractivity contribution in [1.82, 2.24) is 5.16 Å². The van der Waals surface area contributed by atoms with Gasteiger partial charge in [0.15, 0.2) is 17.3 Å². The molecule has 0 amide bonds. The minimum Gasteiger partial charge on any atom is -0.490 e. The van der Waals surface area contributed by atoms with Crippen LogP contribution in [0.4, 0.5) is 5.69 Å². The summed E-state index contributed by atoms with van der Waals surface area (Å²) in [6.45, 7) is 4.50. The highest BCUT2D eigenvalue weighted by Gasteiger charge is 2.08. The number of carboxylic acid groups (broad SMARTS) is 1. The fraction of sp³-hybridized carbons (Fsp3) is 0.190. The number of aromatic nitrogens is 1. The third-order valence-electron chi connectivity index (χ3n) is 3.79. The minimum atomic E-state index is -0.965. The molecule has 2 aromatic carbocycles. The molecule has 1 heterocycles. The van der Waals surface area contributed by atoms with E-state index in [4.69, 9.17) is 19.1 Å². The van der Waals surface area contributed by atoms with Crippen molar-refractivity contribution in [3.05, 3.63) is 71.1 Å². The molecule has 0 aliphatic rings. The van der Waals surface area contributed by atoms with Gasteiger partial charge in [-0.1, -0.05) is 5.16 Å². The highest BCUT2D eigenvalue weighted by Crippen LogP contribution is 2.29. The molecule has 0 saturated carbocycles. The van der Waals surface area contributed by atoms with Gasteiger partial charge in [-0.3, -0.25) is 4.99 Å². The van der Waals surface area contributed by atoms with Gasteiger partial charge in [-0.15, -0.1) is 0 Å². The predicted molar refractivity (Wildman–Crippen MR) is 104 cm³/mol. The Morgan fingerprint density at radius 3 is 2.57 bits per heavy atom. The van der Waals surface area contributed by atoms with Crippen molar-refractivity contribution < 1.29 is 23.9 Å². The maximum atomic E-state index is 10.9. The van der Waals surface area contributed by atoms with E-state index in [2.05, 4.69) is 10.1 Å². The van der Waals surface area contributed by atoms with Crippen molar-refractivity contribution in [2.75, 3.05) is 6.61 Å². The van der Waals surface area contributed by atoms with Crippen molar-refractivity contribution in [3.8, 4) is 11.5 Å². The van der Waals surface area contributed by atoms with Crippen LogP contribution in [0.5, 0.6) is 11.5 Å². The van der Waals surface area contributed by atoms with Crippen LogP contribution in [0.2, 0.25) is 0 Å². The van der Waals surface area contributed by atoms with Crippen molar-refractivity contribution >= 4 is 17.9 Å². The van der Waals surface area contributed by atoms with E-state index in [1.165, 1.54) is 12.1 Å². The third-order valence-corrected chi connectivity index (χ3v) is 3.79. The maximum Gasteiger partial charge on any atom is 0.335 e.